The van der Waals surface area contributed by atoms with Gasteiger partial charge in [-0.05, 0) is 37.7 Å². The van der Waals surface area contributed by atoms with Crippen LogP contribution in [0.3, 0.4) is 0 Å². The normalized spacial score (nSPS) is 24.1. The third-order valence-electron chi connectivity index (χ3n) is 6.52. The second-order valence-corrected chi connectivity index (χ2v) is 9.05. The Morgan fingerprint density at radius 3 is 2.74 bits per heavy atom. The van der Waals surface area contributed by atoms with Gasteiger partial charge in [0.15, 0.2) is 0 Å². The number of anilines is 2. The Labute approximate surface area is 196 Å². The topological polar surface area (TPSA) is 101 Å². The largest absolute Gasteiger partial charge is 0.483 e. The highest BCUT2D eigenvalue weighted by Gasteiger charge is 2.37. The number of fused-ring (bicyclic) bond motifs is 1. The molecular weight excluding hydrogens is 451 g/mol. The van der Waals surface area contributed by atoms with E-state index in [1.807, 2.05) is 6.92 Å². The molecule has 2 aliphatic rings. The first-order chi connectivity index (χ1) is 16.2. The standard InChI is InChI=1S/C23H30F3N5O3/c1-12-6-14(11-32)7-16(12)30-21-20(13(2)29-22(31-21)27-4-5-33-3)17-8-15-9-19(23(24,25)26)28-10-18(15)34-17/h9-10,12,14,16-17,32H,4-8,11H2,1-3H3,(H2,27,29,30,31)/t12-,14-,16-,17?/m1/s1. The van der Waals surface area contributed by atoms with E-state index in [0.717, 1.165) is 25.1 Å². The molecule has 0 spiro atoms. The van der Waals surface area contributed by atoms with E-state index in [1.165, 1.54) is 0 Å². The van der Waals surface area contributed by atoms with Crippen LogP contribution in [0.5, 0.6) is 5.75 Å². The van der Waals surface area contributed by atoms with Crippen molar-refractivity contribution in [3.05, 3.63) is 34.8 Å². The predicted molar refractivity (Wildman–Crippen MR) is 120 cm³/mol. The molecule has 1 saturated carbocycles. The Kier molecular flexibility index (Phi) is 7.13. The first-order valence-corrected chi connectivity index (χ1v) is 11.4. The molecule has 186 valence electrons. The number of hydrogen-bond acceptors (Lipinski definition) is 8. The zero-order valence-corrected chi connectivity index (χ0v) is 19.4. The smallest absolute Gasteiger partial charge is 0.433 e. The summed E-state index contributed by atoms with van der Waals surface area (Å²) in [5, 5.41) is 16.3. The molecule has 8 nitrogen and oxygen atoms in total. The third-order valence-corrected chi connectivity index (χ3v) is 6.52. The zero-order chi connectivity index (χ0) is 24.5. The molecule has 0 bridgehead atoms. The number of nitrogens with one attached hydrogen (secondary N) is 2. The molecule has 0 saturated heterocycles. The molecule has 4 rings (SSSR count). The van der Waals surface area contributed by atoms with Crippen LogP contribution >= 0.6 is 0 Å². The molecule has 3 heterocycles. The van der Waals surface area contributed by atoms with Crippen LogP contribution in [-0.2, 0) is 17.3 Å². The molecule has 1 aliphatic heterocycles. The molecule has 4 atom stereocenters. The number of aliphatic hydroxyl groups excluding tert-OH is 1. The van der Waals surface area contributed by atoms with E-state index in [2.05, 4.69) is 27.5 Å². The molecule has 1 fully saturated rings. The third kappa shape index (κ3) is 5.20. The van der Waals surface area contributed by atoms with Crippen molar-refractivity contribution in [1.82, 2.24) is 15.0 Å². The average molecular weight is 482 g/mol. The van der Waals surface area contributed by atoms with Crippen LogP contribution in [0, 0.1) is 18.8 Å². The summed E-state index contributed by atoms with van der Waals surface area (Å²) in [6, 6.07) is 1.14. The van der Waals surface area contributed by atoms with Crippen LogP contribution < -0.4 is 15.4 Å². The van der Waals surface area contributed by atoms with E-state index in [9.17, 15) is 18.3 Å². The van der Waals surface area contributed by atoms with Gasteiger partial charge in [0, 0.05) is 38.3 Å². The van der Waals surface area contributed by atoms with E-state index >= 15 is 0 Å². The summed E-state index contributed by atoms with van der Waals surface area (Å²) in [6.45, 7) is 5.12. The van der Waals surface area contributed by atoms with Crippen molar-refractivity contribution in [2.75, 3.05) is 37.5 Å². The lowest BCUT2D eigenvalue weighted by Crippen LogP contribution is -2.26. The van der Waals surface area contributed by atoms with Crippen molar-refractivity contribution >= 4 is 11.8 Å². The van der Waals surface area contributed by atoms with Crippen LogP contribution in [-0.4, -0.2) is 53.0 Å². The van der Waals surface area contributed by atoms with Gasteiger partial charge in [0.05, 0.1) is 24.1 Å². The minimum atomic E-state index is -4.52. The fourth-order valence-electron chi connectivity index (χ4n) is 4.79. The lowest BCUT2D eigenvalue weighted by atomic mass is 10.0. The first-order valence-electron chi connectivity index (χ1n) is 11.4. The number of rotatable bonds is 8. The van der Waals surface area contributed by atoms with E-state index < -0.39 is 18.0 Å². The lowest BCUT2D eigenvalue weighted by molar-refractivity contribution is -0.141. The number of hydrogen-bond donors (Lipinski definition) is 3. The van der Waals surface area contributed by atoms with Crippen LogP contribution in [0.15, 0.2) is 12.3 Å². The molecule has 11 heteroatoms. The molecule has 3 N–H and O–H groups in total. The van der Waals surface area contributed by atoms with Crippen molar-refractivity contribution in [3.8, 4) is 5.75 Å². The fraction of sp³-hybridized carbons (Fsp3) is 0.609. The summed E-state index contributed by atoms with van der Waals surface area (Å²) >= 11 is 0. The van der Waals surface area contributed by atoms with Gasteiger partial charge in [-0.2, -0.15) is 18.2 Å². The van der Waals surface area contributed by atoms with Gasteiger partial charge in [-0.15, -0.1) is 0 Å². The number of pyridine rings is 1. The second-order valence-electron chi connectivity index (χ2n) is 9.05. The second kappa shape index (κ2) is 9.91. The summed E-state index contributed by atoms with van der Waals surface area (Å²) < 4.78 is 50.5. The van der Waals surface area contributed by atoms with Gasteiger partial charge >= 0.3 is 6.18 Å². The lowest BCUT2D eigenvalue weighted by Gasteiger charge is -2.24. The van der Waals surface area contributed by atoms with E-state index in [1.54, 1.807) is 7.11 Å². The molecule has 1 aliphatic carbocycles. The number of aliphatic hydroxyl groups is 1. The van der Waals surface area contributed by atoms with Crippen LogP contribution in [0.25, 0.3) is 0 Å². The van der Waals surface area contributed by atoms with Crippen LogP contribution in [0.1, 0.15) is 48.4 Å². The number of halogens is 3. The van der Waals surface area contributed by atoms with E-state index in [0.29, 0.717) is 53.4 Å². The maximum atomic E-state index is 13.1. The van der Waals surface area contributed by atoms with Crippen molar-refractivity contribution in [2.45, 2.75) is 51.4 Å². The van der Waals surface area contributed by atoms with Crippen LogP contribution in [0.2, 0.25) is 0 Å². The average Bonchev–Trinajstić information content (AvgIpc) is 3.35. The number of aromatic nitrogens is 3. The number of ether oxygens (including phenoxy) is 2. The molecule has 0 radical (unpaired) electrons. The Bertz CT molecular complexity index is 1020. The summed E-state index contributed by atoms with van der Waals surface area (Å²) in [7, 11) is 1.61. The Morgan fingerprint density at radius 2 is 2.06 bits per heavy atom. The maximum absolute atomic E-state index is 13.1. The monoisotopic (exact) mass is 481 g/mol. The Morgan fingerprint density at radius 1 is 1.26 bits per heavy atom. The SMILES string of the molecule is COCCNc1nc(C)c(C2Cc3cc(C(F)(F)F)ncc3O2)c(N[C@@H]2C[C@H](CO)C[C@H]2C)n1. The van der Waals surface area contributed by atoms with Crippen molar-refractivity contribution in [3.63, 3.8) is 0 Å². The summed E-state index contributed by atoms with van der Waals surface area (Å²) in [5.41, 5.74) is 0.897. The quantitative estimate of drug-likeness (QED) is 0.490. The van der Waals surface area contributed by atoms with Gasteiger partial charge in [-0.3, -0.25) is 0 Å². The minimum absolute atomic E-state index is 0.0966. The van der Waals surface area contributed by atoms with Gasteiger partial charge in [0.2, 0.25) is 5.95 Å². The van der Waals surface area contributed by atoms with Gasteiger partial charge in [0.25, 0.3) is 0 Å². The molecular formula is C23H30F3N5O3. The minimum Gasteiger partial charge on any atom is -0.483 e. The van der Waals surface area contributed by atoms with Crippen molar-refractivity contribution in [1.29, 1.82) is 0 Å². The number of methoxy groups -OCH3 is 1. The van der Waals surface area contributed by atoms with Gasteiger partial charge in [-0.1, -0.05) is 6.92 Å². The molecule has 1 unspecified atom stereocenters. The van der Waals surface area contributed by atoms with E-state index in [-0.39, 0.29) is 25.0 Å². The predicted octanol–water partition coefficient (Wildman–Crippen LogP) is 3.75. The summed E-state index contributed by atoms with van der Waals surface area (Å²) in [4.78, 5) is 12.8. The Balaban J connectivity index is 1.64. The summed E-state index contributed by atoms with van der Waals surface area (Å²) in [6.07, 6.45) is -1.96. The van der Waals surface area contributed by atoms with Crippen LogP contribution in [0.4, 0.5) is 24.9 Å². The summed E-state index contributed by atoms with van der Waals surface area (Å²) in [5.74, 6) is 1.90. The number of nitrogens with zero attached hydrogens (tertiary/aromatic N) is 3. The molecule has 2 aromatic heterocycles. The highest BCUT2D eigenvalue weighted by Crippen LogP contribution is 2.42. The maximum Gasteiger partial charge on any atom is 0.433 e. The highest BCUT2D eigenvalue weighted by atomic mass is 19.4. The molecule has 2 aromatic rings. The zero-order valence-electron chi connectivity index (χ0n) is 19.4. The van der Waals surface area contributed by atoms with Crippen molar-refractivity contribution < 1.29 is 27.8 Å². The van der Waals surface area contributed by atoms with Crippen molar-refractivity contribution in [2.24, 2.45) is 11.8 Å². The molecule has 0 amide bonds. The van der Waals surface area contributed by atoms with Gasteiger partial charge in [-0.25, -0.2) is 9.97 Å². The molecule has 0 aromatic carbocycles. The highest BCUT2D eigenvalue weighted by molar-refractivity contribution is 5.54. The number of aryl methyl sites for hydroxylation is 1. The first kappa shape index (κ1) is 24.5. The fourth-order valence-corrected chi connectivity index (χ4v) is 4.79. The van der Waals surface area contributed by atoms with E-state index in [4.69, 9.17) is 14.5 Å². The number of alkyl halides is 3. The van der Waals surface area contributed by atoms with Gasteiger partial charge < -0.3 is 25.2 Å². The Hall–Kier alpha value is -2.66. The molecule has 34 heavy (non-hydrogen) atoms. The van der Waals surface area contributed by atoms with Gasteiger partial charge in [0.1, 0.15) is 23.4 Å².